The molecule has 8 nitrogen and oxygen atoms in total. The molecule has 4 rings (SSSR count). The van der Waals surface area contributed by atoms with Crippen molar-refractivity contribution in [2.45, 2.75) is 38.3 Å². The number of hydrogen-bond donors (Lipinski definition) is 2. The number of benzene rings is 1. The molecule has 32 heavy (non-hydrogen) atoms. The fourth-order valence-corrected chi connectivity index (χ4v) is 4.02. The second-order valence-corrected chi connectivity index (χ2v) is 8.74. The molecule has 0 bridgehead atoms. The second-order valence-electron chi connectivity index (χ2n) is 8.74. The minimum Gasteiger partial charge on any atom is -0.433 e. The molecule has 2 saturated carbocycles. The Balaban J connectivity index is 1.50. The van der Waals surface area contributed by atoms with Crippen molar-refractivity contribution >= 4 is 23.2 Å². The monoisotopic (exact) mass is 452 g/mol. The van der Waals surface area contributed by atoms with E-state index in [1.54, 1.807) is 6.07 Å². The predicted molar refractivity (Wildman–Crippen MR) is 115 cm³/mol. The minimum atomic E-state index is -3.07. The van der Waals surface area contributed by atoms with Crippen LogP contribution in [0.15, 0.2) is 18.2 Å². The number of nitrogens with two attached hydrogens (primary N) is 1. The van der Waals surface area contributed by atoms with E-state index in [9.17, 15) is 18.4 Å². The summed E-state index contributed by atoms with van der Waals surface area (Å²) in [6, 6.07) is 3.91. The number of amides is 2. The van der Waals surface area contributed by atoms with Gasteiger partial charge in [0.1, 0.15) is 12.6 Å². The molecule has 3 fully saturated rings. The molecule has 1 heterocycles. The number of halogens is 2. The van der Waals surface area contributed by atoms with Crippen molar-refractivity contribution in [2.75, 3.05) is 49.6 Å². The molecule has 0 unspecified atom stereocenters. The zero-order valence-electron chi connectivity index (χ0n) is 18.0. The summed E-state index contributed by atoms with van der Waals surface area (Å²) in [4.78, 5) is 28.7. The van der Waals surface area contributed by atoms with Crippen molar-refractivity contribution < 1.29 is 27.8 Å². The molecule has 1 saturated heterocycles. The molecule has 1 aromatic rings. The van der Waals surface area contributed by atoms with Gasteiger partial charge in [-0.05, 0) is 49.7 Å². The Morgan fingerprint density at radius 3 is 2.50 bits per heavy atom. The topological polar surface area (TPSA) is 97.1 Å². The molecule has 1 atom stereocenters. The number of nitrogens with zero attached hydrogens (tertiary/aromatic N) is 2. The maximum absolute atomic E-state index is 13.1. The summed E-state index contributed by atoms with van der Waals surface area (Å²) in [6.07, 6.45) is 4.71. The van der Waals surface area contributed by atoms with Crippen LogP contribution < -0.4 is 20.7 Å². The molecule has 0 aromatic heterocycles. The molecule has 2 amide bonds. The number of hydrogen-bond acceptors (Lipinski definition) is 6. The average Bonchev–Trinajstić information content (AvgIpc) is 3.66. The predicted octanol–water partition coefficient (Wildman–Crippen LogP) is 2.04. The molecule has 0 radical (unpaired) electrons. The first-order valence-corrected chi connectivity index (χ1v) is 11.2. The first-order chi connectivity index (χ1) is 15.4. The van der Waals surface area contributed by atoms with E-state index in [1.807, 2.05) is 0 Å². The molecule has 0 spiro atoms. The Labute approximate surface area is 186 Å². The van der Waals surface area contributed by atoms with Crippen LogP contribution in [0.3, 0.4) is 0 Å². The van der Waals surface area contributed by atoms with E-state index in [1.165, 1.54) is 42.7 Å². The lowest BCUT2D eigenvalue weighted by molar-refractivity contribution is -0.126. The fourth-order valence-electron chi connectivity index (χ4n) is 4.02. The maximum Gasteiger partial charge on any atom is 0.387 e. The van der Waals surface area contributed by atoms with Crippen LogP contribution in [0.25, 0.3) is 0 Å². The zero-order valence-corrected chi connectivity index (χ0v) is 18.0. The van der Waals surface area contributed by atoms with Gasteiger partial charge < -0.3 is 25.4 Å². The summed E-state index contributed by atoms with van der Waals surface area (Å²) < 4.78 is 35.9. The standard InChI is InChI=1S/C22H30F2N4O4/c23-22(24)32-19-9-16(5-6-17(19)28-7-8-31-13-20(28)29)26-21(30)18(10-25)27(11-14-1-2-14)12-15-3-4-15/h5-6,9,14-15,18,22H,1-4,7-8,10-13,25H2,(H,26,30)/t18-/m1/s1. The largest absolute Gasteiger partial charge is 0.433 e. The van der Waals surface area contributed by atoms with E-state index >= 15 is 0 Å². The van der Waals surface area contributed by atoms with Crippen LogP contribution in [0.2, 0.25) is 0 Å². The van der Waals surface area contributed by atoms with Gasteiger partial charge in [0.2, 0.25) is 5.91 Å². The van der Waals surface area contributed by atoms with Gasteiger partial charge in [-0.1, -0.05) is 0 Å². The van der Waals surface area contributed by atoms with E-state index in [0.29, 0.717) is 24.1 Å². The second kappa shape index (κ2) is 10.1. The van der Waals surface area contributed by atoms with Crippen molar-refractivity contribution in [3.05, 3.63) is 18.2 Å². The molecular formula is C22H30F2N4O4. The SMILES string of the molecule is NC[C@H](C(=O)Nc1ccc(N2CCOCC2=O)c(OC(F)F)c1)N(CC1CC1)CC1CC1. The molecule has 10 heteroatoms. The summed E-state index contributed by atoms with van der Waals surface area (Å²) >= 11 is 0. The van der Waals surface area contributed by atoms with Crippen molar-refractivity contribution in [2.24, 2.45) is 17.6 Å². The fraction of sp³-hybridized carbons (Fsp3) is 0.636. The lowest BCUT2D eigenvalue weighted by Gasteiger charge is -2.30. The van der Waals surface area contributed by atoms with Crippen LogP contribution in [0, 0.1) is 11.8 Å². The van der Waals surface area contributed by atoms with Gasteiger partial charge in [0.05, 0.1) is 12.3 Å². The van der Waals surface area contributed by atoms with Crippen LogP contribution in [0.4, 0.5) is 20.2 Å². The van der Waals surface area contributed by atoms with Crippen molar-refractivity contribution in [1.82, 2.24) is 4.90 Å². The lowest BCUT2D eigenvalue weighted by atomic mass is 10.1. The number of rotatable bonds is 11. The molecule has 176 valence electrons. The lowest BCUT2D eigenvalue weighted by Crippen LogP contribution is -2.50. The van der Waals surface area contributed by atoms with E-state index < -0.39 is 12.7 Å². The molecule has 1 aromatic carbocycles. The van der Waals surface area contributed by atoms with E-state index in [2.05, 4.69) is 15.0 Å². The number of anilines is 2. The number of alkyl halides is 2. The first kappa shape index (κ1) is 22.9. The van der Waals surface area contributed by atoms with Crippen LogP contribution in [-0.2, 0) is 14.3 Å². The third kappa shape index (κ3) is 5.93. The van der Waals surface area contributed by atoms with Crippen molar-refractivity contribution in [1.29, 1.82) is 0 Å². The Hall–Kier alpha value is -2.30. The highest BCUT2D eigenvalue weighted by molar-refractivity contribution is 5.98. The molecular weight excluding hydrogens is 422 g/mol. The van der Waals surface area contributed by atoms with Crippen LogP contribution >= 0.6 is 0 Å². The van der Waals surface area contributed by atoms with Gasteiger partial charge in [0.25, 0.3) is 5.91 Å². The smallest absolute Gasteiger partial charge is 0.387 e. The third-order valence-corrected chi connectivity index (χ3v) is 6.07. The molecule has 3 aliphatic rings. The van der Waals surface area contributed by atoms with Gasteiger partial charge in [0.15, 0.2) is 5.75 Å². The number of nitrogens with one attached hydrogen (secondary N) is 1. The van der Waals surface area contributed by atoms with Gasteiger partial charge in [-0.15, -0.1) is 0 Å². The van der Waals surface area contributed by atoms with Crippen LogP contribution in [0.1, 0.15) is 25.7 Å². The third-order valence-electron chi connectivity index (χ3n) is 6.07. The highest BCUT2D eigenvalue weighted by atomic mass is 19.3. The highest BCUT2D eigenvalue weighted by Gasteiger charge is 2.35. The summed E-state index contributed by atoms with van der Waals surface area (Å²) in [5.41, 5.74) is 6.50. The van der Waals surface area contributed by atoms with Crippen LogP contribution in [-0.4, -0.2) is 68.8 Å². The Morgan fingerprint density at radius 1 is 1.25 bits per heavy atom. The quantitative estimate of drug-likeness (QED) is 0.533. The summed E-state index contributed by atoms with van der Waals surface area (Å²) in [6.45, 7) is -0.785. The highest BCUT2D eigenvalue weighted by Crippen LogP contribution is 2.36. The van der Waals surface area contributed by atoms with Gasteiger partial charge in [-0.2, -0.15) is 8.78 Å². The first-order valence-electron chi connectivity index (χ1n) is 11.2. The number of carbonyl (C=O) groups is 2. The average molecular weight is 453 g/mol. The Kier molecular flexibility index (Phi) is 7.22. The van der Waals surface area contributed by atoms with Gasteiger partial charge in [-0.25, -0.2) is 0 Å². The Morgan fingerprint density at radius 2 is 1.94 bits per heavy atom. The van der Waals surface area contributed by atoms with Gasteiger partial charge in [0, 0.05) is 37.9 Å². The molecule has 1 aliphatic heterocycles. The summed E-state index contributed by atoms with van der Waals surface area (Å²) in [5, 5.41) is 2.80. The normalized spacial score (nSPS) is 20.0. The van der Waals surface area contributed by atoms with E-state index in [4.69, 9.17) is 10.5 Å². The van der Waals surface area contributed by atoms with E-state index in [0.717, 1.165) is 13.1 Å². The summed E-state index contributed by atoms with van der Waals surface area (Å²) in [7, 11) is 0. The maximum atomic E-state index is 13.1. The van der Waals surface area contributed by atoms with Crippen molar-refractivity contribution in [3.63, 3.8) is 0 Å². The molecule has 3 N–H and O–H groups in total. The number of morpholine rings is 1. The minimum absolute atomic E-state index is 0.122. The van der Waals surface area contributed by atoms with Gasteiger partial charge in [-0.3, -0.25) is 14.5 Å². The number of carbonyl (C=O) groups excluding carboxylic acids is 2. The summed E-state index contributed by atoms with van der Waals surface area (Å²) in [5.74, 6) is 0.447. The number of ether oxygens (including phenoxy) is 2. The zero-order chi connectivity index (χ0) is 22.7. The molecule has 2 aliphatic carbocycles. The Bertz CT molecular complexity index is 818. The van der Waals surface area contributed by atoms with Crippen LogP contribution in [0.5, 0.6) is 5.75 Å². The van der Waals surface area contributed by atoms with Gasteiger partial charge >= 0.3 is 6.61 Å². The van der Waals surface area contributed by atoms with Crippen molar-refractivity contribution in [3.8, 4) is 5.75 Å². The van der Waals surface area contributed by atoms with E-state index in [-0.39, 0.29) is 42.9 Å².